The van der Waals surface area contributed by atoms with Crippen LogP contribution in [0.3, 0.4) is 0 Å². The molecule has 10 heavy (non-hydrogen) atoms. The molecule has 0 aromatic rings. The van der Waals surface area contributed by atoms with Gasteiger partial charge in [0.25, 0.3) is 0 Å². The van der Waals surface area contributed by atoms with Crippen LogP contribution in [0.2, 0.25) is 0 Å². The summed E-state index contributed by atoms with van der Waals surface area (Å²) < 4.78 is 0. The van der Waals surface area contributed by atoms with Gasteiger partial charge in [-0.3, -0.25) is 0 Å². The highest BCUT2D eigenvalue weighted by atomic mass is 32.2. The van der Waals surface area contributed by atoms with E-state index in [1.54, 1.807) is 0 Å². The zero-order valence-electron chi connectivity index (χ0n) is 7.10. The normalized spacial score (nSPS) is 34.2. The first-order valence-corrected chi connectivity index (χ1v) is 5.49. The lowest BCUT2D eigenvalue weighted by molar-refractivity contribution is 0.393. The molecule has 0 bridgehead atoms. The lowest BCUT2D eigenvalue weighted by Crippen LogP contribution is -2.13. The van der Waals surface area contributed by atoms with Gasteiger partial charge in [0.2, 0.25) is 0 Å². The van der Waals surface area contributed by atoms with E-state index in [0.29, 0.717) is 0 Å². The van der Waals surface area contributed by atoms with Crippen LogP contribution in [0.4, 0.5) is 0 Å². The molecule has 0 amide bonds. The highest BCUT2D eigenvalue weighted by Gasteiger charge is 2.17. The zero-order valence-corrected chi connectivity index (χ0v) is 7.91. The van der Waals surface area contributed by atoms with Crippen LogP contribution in [0.5, 0.6) is 0 Å². The molecule has 1 heteroatoms. The molecule has 0 N–H and O–H groups in total. The molecule has 1 aliphatic rings. The van der Waals surface area contributed by atoms with Crippen molar-refractivity contribution in [1.82, 2.24) is 0 Å². The number of thioether (sulfide) groups is 1. The molecule has 0 spiro atoms. The second-order valence-corrected chi connectivity index (χ2v) is 4.91. The Hall–Kier alpha value is 0.350. The standard InChI is InChI=1S/C9H18S/c1-3-10-9-6-4-8(2)5-7-9/h8-9H,3-7H2,1-2H3. The van der Waals surface area contributed by atoms with E-state index in [-0.39, 0.29) is 0 Å². The quantitative estimate of drug-likeness (QED) is 0.594. The molecule has 0 unspecified atom stereocenters. The minimum absolute atomic E-state index is 1.00. The molecule has 0 aromatic carbocycles. The fourth-order valence-electron chi connectivity index (χ4n) is 1.63. The molecule has 0 nitrogen and oxygen atoms in total. The molecule has 0 heterocycles. The summed E-state index contributed by atoms with van der Waals surface area (Å²) in [6, 6.07) is 0. The van der Waals surface area contributed by atoms with E-state index < -0.39 is 0 Å². The third-order valence-corrected chi connectivity index (χ3v) is 3.64. The Morgan fingerprint density at radius 3 is 2.30 bits per heavy atom. The predicted octanol–water partition coefficient (Wildman–Crippen LogP) is 3.32. The average molecular weight is 158 g/mol. The van der Waals surface area contributed by atoms with Crippen molar-refractivity contribution >= 4 is 11.8 Å². The molecule has 1 aliphatic carbocycles. The van der Waals surface area contributed by atoms with Crippen LogP contribution in [-0.2, 0) is 0 Å². The summed E-state index contributed by atoms with van der Waals surface area (Å²) in [5.41, 5.74) is 0. The van der Waals surface area contributed by atoms with Crippen LogP contribution < -0.4 is 0 Å². The smallest absolute Gasteiger partial charge is 0.00471 e. The average Bonchev–Trinajstić information content (AvgIpc) is 1.95. The third kappa shape index (κ3) is 2.53. The summed E-state index contributed by atoms with van der Waals surface area (Å²) >= 11 is 2.15. The monoisotopic (exact) mass is 158 g/mol. The van der Waals surface area contributed by atoms with Gasteiger partial charge in [-0.2, -0.15) is 11.8 Å². The molecule has 0 saturated heterocycles. The predicted molar refractivity (Wildman–Crippen MR) is 49.6 cm³/mol. The van der Waals surface area contributed by atoms with Crippen molar-refractivity contribution in [1.29, 1.82) is 0 Å². The Morgan fingerprint density at radius 1 is 1.20 bits per heavy atom. The van der Waals surface area contributed by atoms with E-state index in [1.165, 1.54) is 31.4 Å². The van der Waals surface area contributed by atoms with Gasteiger partial charge in [-0.1, -0.05) is 13.8 Å². The van der Waals surface area contributed by atoms with Gasteiger partial charge in [0.1, 0.15) is 0 Å². The maximum absolute atomic E-state index is 2.38. The Kier molecular flexibility index (Phi) is 3.61. The highest BCUT2D eigenvalue weighted by molar-refractivity contribution is 7.99. The summed E-state index contributed by atoms with van der Waals surface area (Å²) in [5.74, 6) is 2.31. The number of rotatable bonds is 2. The van der Waals surface area contributed by atoms with Crippen LogP contribution >= 0.6 is 11.8 Å². The largest absolute Gasteiger partial charge is 0.159 e. The first-order valence-electron chi connectivity index (χ1n) is 4.44. The lowest BCUT2D eigenvalue weighted by atomic mass is 9.91. The lowest BCUT2D eigenvalue weighted by Gasteiger charge is -2.25. The van der Waals surface area contributed by atoms with Crippen LogP contribution in [-0.4, -0.2) is 11.0 Å². The Balaban J connectivity index is 2.13. The molecule has 1 fully saturated rings. The van der Waals surface area contributed by atoms with Gasteiger partial charge >= 0.3 is 0 Å². The summed E-state index contributed by atoms with van der Waals surface area (Å²) in [5, 5.41) is 1.00. The van der Waals surface area contributed by atoms with Crippen LogP contribution in [0.15, 0.2) is 0 Å². The fraction of sp³-hybridized carbons (Fsp3) is 1.00. The summed E-state index contributed by atoms with van der Waals surface area (Å²) in [7, 11) is 0. The summed E-state index contributed by atoms with van der Waals surface area (Å²) in [6.07, 6.45) is 5.88. The third-order valence-electron chi connectivity index (χ3n) is 2.37. The Labute approximate surface area is 68.8 Å². The first-order chi connectivity index (χ1) is 4.83. The second-order valence-electron chi connectivity index (χ2n) is 3.34. The number of hydrogen-bond acceptors (Lipinski definition) is 1. The SMILES string of the molecule is CCSC1CCC(C)CC1. The molecule has 60 valence electrons. The maximum atomic E-state index is 2.38. The molecule has 0 aliphatic heterocycles. The van der Waals surface area contributed by atoms with Crippen molar-refractivity contribution in [2.45, 2.75) is 44.8 Å². The second kappa shape index (κ2) is 4.27. The van der Waals surface area contributed by atoms with E-state index in [0.717, 1.165) is 11.2 Å². The van der Waals surface area contributed by atoms with E-state index in [2.05, 4.69) is 25.6 Å². The van der Waals surface area contributed by atoms with Gasteiger partial charge in [-0.15, -0.1) is 0 Å². The van der Waals surface area contributed by atoms with Crippen molar-refractivity contribution in [2.75, 3.05) is 5.75 Å². The Bertz CT molecular complexity index is 82.7. The zero-order chi connectivity index (χ0) is 7.40. The van der Waals surface area contributed by atoms with Gasteiger partial charge in [0.15, 0.2) is 0 Å². The van der Waals surface area contributed by atoms with Crippen molar-refractivity contribution in [3.63, 3.8) is 0 Å². The van der Waals surface area contributed by atoms with Crippen LogP contribution in [0.25, 0.3) is 0 Å². The Morgan fingerprint density at radius 2 is 1.80 bits per heavy atom. The van der Waals surface area contributed by atoms with Crippen molar-refractivity contribution < 1.29 is 0 Å². The van der Waals surface area contributed by atoms with Crippen molar-refractivity contribution in [3.8, 4) is 0 Å². The van der Waals surface area contributed by atoms with Crippen molar-refractivity contribution in [2.24, 2.45) is 5.92 Å². The van der Waals surface area contributed by atoms with Crippen LogP contribution in [0.1, 0.15) is 39.5 Å². The molecule has 0 radical (unpaired) electrons. The van der Waals surface area contributed by atoms with Crippen LogP contribution in [0, 0.1) is 5.92 Å². The van der Waals surface area contributed by atoms with Gasteiger partial charge < -0.3 is 0 Å². The van der Waals surface area contributed by atoms with E-state index >= 15 is 0 Å². The van der Waals surface area contributed by atoms with Gasteiger partial charge in [0, 0.05) is 5.25 Å². The van der Waals surface area contributed by atoms with Gasteiger partial charge in [-0.25, -0.2) is 0 Å². The fourth-order valence-corrected chi connectivity index (χ4v) is 2.71. The number of hydrogen-bond donors (Lipinski definition) is 0. The van der Waals surface area contributed by atoms with Crippen molar-refractivity contribution in [3.05, 3.63) is 0 Å². The molecular weight excluding hydrogens is 140 g/mol. The molecule has 1 rings (SSSR count). The molecular formula is C9H18S. The van der Waals surface area contributed by atoms with Gasteiger partial charge in [-0.05, 0) is 37.4 Å². The first kappa shape index (κ1) is 8.45. The minimum atomic E-state index is 1.00. The van der Waals surface area contributed by atoms with Gasteiger partial charge in [0.05, 0.1) is 0 Å². The van der Waals surface area contributed by atoms with E-state index in [9.17, 15) is 0 Å². The van der Waals surface area contributed by atoms with E-state index in [1.807, 2.05) is 0 Å². The van der Waals surface area contributed by atoms with E-state index in [4.69, 9.17) is 0 Å². The topological polar surface area (TPSA) is 0 Å². The molecule has 0 atom stereocenters. The summed E-state index contributed by atoms with van der Waals surface area (Å²) in [4.78, 5) is 0. The molecule has 0 aromatic heterocycles. The minimum Gasteiger partial charge on any atom is -0.159 e. The highest BCUT2D eigenvalue weighted by Crippen LogP contribution is 2.31. The summed E-state index contributed by atoms with van der Waals surface area (Å²) in [6.45, 7) is 4.65. The maximum Gasteiger partial charge on any atom is 0.00471 e. The molecule has 1 saturated carbocycles.